The summed E-state index contributed by atoms with van der Waals surface area (Å²) >= 11 is 1.57. The minimum Gasteiger partial charge on any atom is -0.402 e. The fourth-order valence-electron chi connectivity index (χ4n) is 5.58. The van der Waals surface area contributed by atoms with Gasteiger partial charge >= 0.3 is 11.3 Å². The Morgan fingerprint density at radius 3 is 1.86 bits per heavy atom. The van der Waals surface area contributed by atoms with E-state index in [1.165, 1.54) is 0 Å². The first-order valence-electron chi connectivity index (χ1n) is 14.2. The number of aromatic amines is 1. The molecule has 1 N–H and O–H groups in total. The molecule has 4 heterocycles. The van der Waals surface area contributed by atoms with Crippen LogP contribution in [0.1, 0.15) is 21.6 Å². The maximum Gasteiger partial charge on any atom is 0.347 e. The van der Waals surface area contributed by atoms with E-state index in [0.29, 0.717) is 39.8 Å². The van der Waals surface area contributed by atoms with Crippen molar-refractivity contribution in [2.45, 2.75) is 12.8 Å². The molecule has 0 radical (unpaired) electrons. The Labute approximate surface area is 254 Å². The third-order valence-electron chi connectivity index (χ3n) is 7.75. The zero-order valence-electron chi connectivity index (χ0n) is 23.2. The second kappa shape index (κ2) is 10.6. The molecule has 4 aromatic carbocycles. The molecule has 0 saturated heterocycles. The van der Waals surface area contributed by atoms with Crippen molar-refractivity contribution in [1.29, 1.82) is 0 Å². The molecule has 4 aromatic heterocycles. The van der Waals surface area contributed by atoms with Crippen molar-refractivity contribution in [3.05, 3.63) is 152 Å². The summed E-state index contributed by atoms with van der Waals surface area (Å²) in [4.78, 5) is 39.8. The van der Waals surface area contributed by atoms with E-state index in [1.54, 1.807) is 35.6 Å². The van der Waals surface area contributed by atoms with E-state index >= 15 is 0 Å². The first-order valence-corrected chi connectivity index (χ1v) is 15.0. The molecule has 44 heavy (non-hydrogen) atoms. The van der Waals surface area contributed by atoms with Gasteiger partial charge < -0.3 is 13.8 Å². The molecule has 0 aliphatic rings. The fraction of sp³-hybridized carbons (Fsp3) is 0.0556. The normalized spacial score (nSPS) is 11.5. The zero-order chi connectivity index (χ0) is 29.6. The minimum atomic E-state index is -0.408. The van der Waals surface area contributed by atoms with Gasteiger partial charge in [-0.15, -0.1) is 11.3 Å². The molecule has 0 spiro atoms. The van der Waals surface area contributed by atoms with Crippen LogP contribution < -0.4 is 11.3 Å². The van der Waals surface area contributed by atoms with Crippen LogP contribution in [0, 0.1) is 0 Å². The average Bonchev–Trinajstić information content (AvgIpc) is 3.67. The predicted octanol–water partition coefficient (Wildman–Crippen LogP) is 7.75. The van der Waals surface area contributed by atoms with Crippen LogP contribution in [0.25, 0.3) is 55.1 Å². The van der Waals surface area contributed by atoms with Gasteiger partial charge in [-0.25, -0.2) is 19.6 Å². The van der Waals surface area contributed by atoms with Crippen LogP contribution in [0.5, 0.6) is 0 Å². The van der Waals surface area contributed by atoms with Gasteiger partial charge in [-0.2, -0.15) is 0 Å². The maximum absolute atomic E-state index is 12.8. The number of para-hydroxylation sites is 3. The maximum atomic E-state index is 12.8. The van der Waals surface area contributed by atoms with Crippen molar-refractivity contribution in [2.24, 2.45) is 0 Å². The van der Waals surface area contributed by atoms with Gasteiger partial charge in [0, 0.05) is 28.6 Å². The van der Waals surface area contributed by atoms with Gasteiger partial charge in [0.25, 0.3) is 0 Å². The topological polar surface area (TPSA) is 102 Å². The molecule has 0 bridgehead atoms. The SMILES string of the molecule is O=c1oc(-c2ccc(Cc3ccc(Cc4c(-c5nc6ccccc6c(=O)o5)[nH]c5ccccc45)cc3)s2)nc2ccccc12. The predicted molar refractivity (Wildman–Crippen MR) is 173 cm³/mol. The number of hydrogen-bond donors (Lipinski definition) is 1. The summed E-state index contributed by atoms with van der Waals surface area (Å²) in [6, 6.07) is 35.0. The van der Waals surface area contributed by atoms with E-state index < -0.39 is 5.63 Å². The zero-order valence-corrected chi connectivity index (χ0v) is 24.1. The average molecular weight is 594 g/mol. The smallest absolute Gasteiger partial charge is 0.347 e. The number of nitrogens with zero attached hydrogens (tertiary/aromatic N) is 2. The van der Waals surface area contributed by atoms with Gasteiger partial charge in [0.15, 0.2) is 0 Å². The van der Waals surface area contributed by atoms with Crippen LogP contribution in [0.3, 0.4) is 0 Å². The number of rotatable bonds is 6. The lowest BCUT2D eigenvalue weighted by molar-refractivity contribution is 0.516. The second-order valence-corrected chi connectivity index (χ2v) is 11.8. The van der Waals surface area contributed by atoms with E-state index in [4.69, 9.17) is 8.83 Å². The van der Waals surface area contributed by atoms with Gasteiger partial charge in [-0.05, 0) is 59.2 Å². The van der Waals surface area contributed by atoms with E-state index in [1.807, 2.05) is 54.6 Å². The molecule has 0 fully saturated rings. The van der Waals surface area contributed by atoms with Gasteiger partial charge in [0.1, 0.15) is 5.69 Å². The molecule has 212 valence electrons. The molecule has 0 unspecified atom stereocenters. The Kier molecular flexibility index (Phi) is 6.27. The fourth-order valence-corrected chi connectivity index (χ4v) is 6.55. The van der Waals surface area contributed by atoms with Gasteiger partial charge in [0.05, 0.1) is 26.7 Å². The first kappa shape index (κ1) is 26.1. The van der Waals surface area contributed by atoms with Crippen molar-refractivity contribution in [1.82, 2.24) is 15.0 Å². The number of nitrogens with one attached hydrogen (secondary N) is 1. The summed E-state index contributed by atoms with van der Waals surface area (Å²) in [7, 11) is 0. The van der Waals surface area contributed by atoms with Crippen LogP contribution in [0.4, 0.5) is 0 Å². The highest BCUT2D eigenvalue weighted by atomic mass is 32.1. The number of hydrogen-bond acceptors (Lipinski definition) is 7. The van der Waals surface area contributed by atoms with Crippen LogP contribution in [0.15, 0.2) is 128 Å². The van der Waals surface area contributed by atoms with Crippen LogP contribution in [-0.4, -0.2) is 15.0 Å². The first-order chi connectivity index (χ1) is 21.6. The Morgan fingerprint density at radius 1 is 0.591 bits per heavy atom. The molecule has 8 heteroatoms. The summed E-state index contributed by atoms with van der Waals surface area (Å²) in [5, 5.41) is 2.00. The Morgan fingerprint density at radius 2 is 1.16 bits per heavy atom. The van der Waals surface area contributed by atoms with E-state index in [9.17, 15) is 9.59 Å². The second-order valence-electron chi connectivity index (χ2n) is 10.6. The summed E-state index contributed by atoms with van der Waals surface area (Å²) in [6.07, 6.45) is 1.38. The van der Waals surface area contributed by atoms with E-state index in [-0.39, 0.29) is 11.5 Å². The molecule has 7 nitrogen and oxygen atoms in total. The third kappa shape index (κ3) is 4.71. The third-order valence-corrected chi connectivity index (χ3v) is 8.83. The number of benzene rings is 4. The molecule has 0 atom stereocenters. The molecular weight excluding hydrogens is 570 g/mol. The van der Waals surface area contributed by atoms with Crippen LogP contribution in [-0.2, 0) is 12.8 Å². The van der Waals surface area contributed by atoms with E-state index in [2.05, 4.69) is 45.3 Å². The lowest BCUT2D eigenvalue weighted by Gasteiger charge is -2.07. The lowest BCUT2D eigenvalue weighted by Crippen LogP contribution is -2.03. The van der Waals surface area contributed by atoms with Gasteiger partial charge in [-0.3, -0.25) is 0 Å². The summed E-state index contributed by atoms with van der Waals surface area (Å²) in [5.41, 5.74) is 5.40. The molecule has 0 aliphatic heterocycles. The van der Waals surface area contributed by atoms with Gasteiger partial charge in [0.2, 0.25) is 11.8 Å². The lowest BCUT2D eigenvalue weighted by atomic mass is 9.99. The van der Waals surface area contributed by atoms with Crippen LogP contribution >= 0.6 is 11.3 Å². The summed E-state index contributed by atoms with van der Waals surface area (Å²) in [5.74, 6) is 0.619. The Hall–Kier alpha value is -5.60. The highest BCUT2D eigenvalue weighted by Gasteiger charge is 2.18. The standard InChI is InChI=1S/C36H23N3O4S/c40-35-25-8-2-5-11-29(25)38-33(42-35)31-18-17-23(44-31)19-21-13-15-22(16-14-21)20-27-24-7-1-4-10-28(24)37-32(27)34-39-30-12-6-3-9-26(30)36(41)43-34/h1-18,37H,19-20H2. The van der Waals surface area contributed by atoms with Crippen LogP contribution in [0.2, 0.25) is 0 Å². The summed E-state index contributed by atoms with van der Waals surface area (Å²) < 4.78 is 11.2. The van der Waals surface area contributed by atoms with Crippen molar-refractivity contribution in [2.75, 3.05) is 0 Å². The molecule has 0 amide bonds. The van der Waals surface area contributed by atoms with Crippen molar-refractivity contribution in [3.8, 4) is 22.4 Å². The number of thiophene rings is 1. The summed E-state index contributed by atoms with van der Waals surface area (Å²) in [6.45, 7) is 0. The Balaban J connectivity index is 1.07. The number of aromatic nitrogens is 3. The molecule has 8 rings (SSSR count). The minimum absolute atomic E-state index is 0.279. The monoisotopic (exact) mass is 593 g/mol. The molecular formula is C36H23N3O4S. The largest absolute Gasteiger partial charge is 0.402 e. The molecule has 0 saturated carbocycles. The molecule has 0 aliphatic carbocycles. The van der Waals surface area contributed by atoms with Gasteiger partial charge in [-0.1, -0.05) is 66.7 Å². The highest BCUT2D eigenvalue weighted by Crippen LogP contribution is 2.32. The quantitative estimate of drug-likeness (QED) is 0.212. The molecule has 8 aromatic rings. The number of H-pyrrole nitrogens is 1. The number of fused-ring (bicyclic) bond motifs is 3. The van der Waals surface area contributed by atoms with Crippen molar-refractivity contribution >= 4 is 44.0 Å². The van der Waals surface area contributed by atoms with Crippen molar-refractivity contribution < 1.29 is 8.83 Å². The van der Waals surface area contributed by atoms with E-state index in [0.717, 1.165) is 43.8 Å². The van der Waals surface area contributed by atoms with Crippen molar-refractivity contribution in [3.63, 3.8) is 0 Å². The highest BCUT2D eigenvalue weighted by molar-refractivity contribution is 7.15. The Bertz CT molecular complexity index is 2450.